The lowest BCUT2D eigenvalue weighted by Gasteiger charge is -1.99. The van der Waals surface area contributed by atoms with E-state index in [2.05, 4.69) is 4.98 Å². The summed E-state index contributed by atoms with van der Waals surface area (Å²) in [6, 6.07) is 4.93. The minimum atomic E-state index is -0.453. The fraction of sp³-hybridized carbons (Fsp3) is 0. The minimum absolute atomic E-state index is 0.00231. The molecule has 0 amide bonds. The number of nitro groups is 1. The van der Waals surface area contributed by atoms with Crippen molar-refractivity contribution in [2.45, 2.75) is 0 Å². The number of fused-ring (bicyclic) bond motifs is 1. The molecule has 0 aliphatic heterocycles. The Balaban J connectivity index is 2.81. The third-order valence-corrected chi connectivity index (χ3v) is 1.96. The standard InChI is InChI=1S/C9H7N3O2/c10-7-1-2-8-6(3-7)4-11-5-9(8)12(13)14/h1-5H,10H2. The summed E-state index contributed by atoms with van der Waals surface area (Å²) in [5.41, 5.74) is 6.12. The first-order valence-electron chi connectivity index (χ1n) is 3.96. The van der Waals surface area contributed by atoms with E-state index in [9.17, 15) is 10.1 Å². The van der Waals surface area contributed by atoms with Crippen molar-refractivity contribution in [3.05, 3.63) is 40.7 Å². The Hall–Kier alpha value is -2.17. The molecule has 0 saturated carbocycles. The molecule has 0 atom stereocenters. The van der Waals surface area contributed by atoms with Gasteiger partial charge in [0, 0.05) is 17.3 Å². The highest BCUT2D eigenvalue weighted by Gasteiger charge is 2.11. The summed E-state index contributed by atoms with van der Waals surface area (Å²) in [6.45, 7) is 0. The predicted molar refractivity (Wildman–Crippen MR) is 52.8 cm³/mol. The van der Waals surface area contributed by atoms with Crippen LogP contribution in [0.15, 0.2) is 30.6 Å². The Morgan fingerprint density at radius 1 is 1.36 bits per heavy atom. The average molecular weight is 189 g/mol. The molecule has 0 fully saturated rings. The first-order valence-corrected chi connectivity index (χ1v) is 3.96. The zero-order chi connectivity index (χ0) is 10.1. The molecular formula is C9H7N3O2. The van der Waals surface area contributed by atoms with Gasteiger partial charge in [-0.2, -0.15) is 0 Å². The van der Waals surface area contributed by atoms with Crippen LogP contribution < -0.4 is 5.73 Å². The van der Waals surface area contributed by atoms with Gasteiger partial charge in [0.2, 0.25) is 0 Å². The van der Waals surface area contributed by atoms with E-state index >= 15 is 0 Å². The molecule has 0 aliphatic rings. The van der Waals surface area contributed by atoms with E-state index in [1.807, 2.05) is 0 Å². The molecule has 0 radical (unpaired) electrons. The summed E-state index contributed by atoms with van der Waals surface area (Å²) in [5.74, 6) is 0. The maximum atomic E-state index is 10.6. The van der Waals surface area contributed by atoms with E-state index in [4.69, 9.17) is 5.73 Å². The topological polar surface area (TPSA) is 82.0 Å². The highest BCUT2D eigenvalue weighted by molar-refractivity contribution is 5.91. The van der Waals surface area contributed by atoms with E-state index in [1.54, 1.807) is 24.4 Å². The van der Waals surface area contributed by atoms with Gasteiger partial charge in [-0.15, -0.1) is 0 Å². The van der Waals surface area contributed by atoms with Gasteiger partial charge in [-0.25, -0.2) is 0 Å². The molecule has 2 aromatic rings. The van der Waals surface area contributed by atoms with E-state index in [1.165, 1.54) is 6.20 Å². The maximum Gasteiger partial charge on any atom is 0.295 e. The van der Waals surface area contributed by atoms with Gasteiger partial charge in [0.05, 0.1) is 10.3 Å². The van der Waals surface area contributed by atoms with E-state index < -0.39 is 4.92 Å². The Bertz CT molecular complexity index is 510. The Morgan fingerprint density at radius 3 is 2.86 bits per heavy atom. The first kappa shape index (κ1) is 8.43. The van der Waals surface area contributed by atoms with Crippen LogP contribution in [-0.4, -0.2) is 9.91 Å². The van der Waals surface area contributed by atoms with Gasteiger partial charge in [0.1, 0.15) is 6.20 Å². The monoisotopic (exact) mass is 189 g/mol. The molecule has 2 N–H and O–H groups in total. The Labute approximate surface area is 79.3 Å². The Morgan fingerprint density at radius 2 is 2.14 bits per heavy atom. The van der Waals surface area contributed by atoms with Crippen molar-refractivity contribution >= 4 is 22.1 Å². The van der Waals surface area contributed by atoms with E-state index in [0.717, 1.165) is 0 Å². The van der Waals surface area contributed by atoms with Crippen LogP contribution in [0.25, 0.3) is 10.8 Å². The molecular weight excluding hydrogens is 182 g/mol. The number of nitrogens with zero attached hydrogens (tertiary/aromatic N) is 2. The summed E-state index contributed by atoms with van der Waals surface area (Å²) in [5, 5.41) is 11.9. The maximum absolute atomic E-state index is 10.6. The zero-order valence-corrected chi connectivity index (χ0v) is 7.18. The molecule has 0 aliphatic carbocycles. The third-order valence-electron chi connectivity index (χ3n) is 1.96. The van der Waals surface area contributed by atoms with Crippen LogP contribution in [0.2, 0.25) is 0 Å². The second-order valence-corrected chi connectivity index (χ2v) is 2.90. The molecule has 1 aromatic carbocycles. The van der Waals surface area contributed by atoms with Crippen LogP contribution in [0.1, 0.15) is 0 Å². The number of hydrogen-bond donors (Lipinski definition) is 1. The molecule has 70 valence electrons. The van der Waals surface area contributed by atoms with Crippen molar-refractivity contribution in [1.82, 2.24) is 4.98 Å². The van der Waals surface area contributed by atoms with Crippen molar-refractivity contribution in [3.8, 4) is 0 Å². The van der Waals surface area contributed by atoms with Crippen molar-refractivity contribution in [2.24, 2.45) is 0 Å². The highest BCUT2D eigenvalue weighted by Crippen LogP contribution is 2.25. The van der Waals surface area contributed by atoms with E-state index in [0.29, 0.717) is 16.5 Å². The average Bonchev–Trinajstić information content (AvgIpc) is 2.16. The fourth-order valence-corrected chi connectivity index (χ4v) is 1.32. The molecule has 0 bridgehead atoms. The lowest BCUT2D eigenvalue weighted by molar-refractivity contribution is -0.383. The highest BCUT2D eigenvalue weighted by atomic mass is 16.6. The summed E-state index contributed by atoms with van der Waals surface area (Å²) in [6.07, 6.45) is 2.79. The molecule has 5 heteroatoms. The number of aromatic nitrogens is 1. The van der Waals surface area contributed by atoms with Crippen LogP contribution in [0.4, 0.5) is 11.4 Å². The number of benzene rings is 1. The molecule has 14 heavy (non-hydrogen) atoms. The largest absolute Gasteiger partial charge is 0.399 e. The quantitative estimate of drug-likeness (QED) is 0.420. The number of pyridine rings is 1. The lowest BCUT2D eigenvalue weighted by atomic mass is 10.1. The SMILES string of the molecule is Nc1ccc2c([N+](=O)[O-])cncc2c1. The summed E-state index contributed by atoms with van der Waals surface area (Å²) < 4.78 is 0. The zero-order valence-electron chi connectivity index (χ0n) is 7.18. The number of anilines is 1. The molecule has 0 unspecified atom stereocenters. The summed E-state index contributed by atoms with van der Waals surface area (Å²) >= 11 is 0. The van der Waals surface area contributed by atoms with Crippen LogP contribution >= 0.6 is 0 Å². The normalized spacial score (nSPS) is 10.3. The summed E-state index contributed by atoms with van der Waals surface area (Å²) in [7, 11) is 0. The van der Waals surface area contributed by atoms with Gasteiger partial charge in [-0.3, -0.25) is 15.1 Å². The molecule has 2 rings (SSSR count). The van der Waals surface area contributed by atoms with Crippen LogP contribution in [0.3, 0.4) is 0 Å². The van der Waals surface area contributed by atoms with Crippen LogP contribution in [0.5, 0.6) is 0 Å². The second-order valence-electron chi connectivity index (χ2n) is 2.90. The number of nitrogens with two attached hydrogens (primary N) is 1. The van der Waals surface area contributed by atoms with Crippen molar-refractivity contribution in [3.63, 3.8) is 0 Å². The van der Waals surface area contributed by atoms with Gasteiger partial charge in [0.15, 0.2) is 0 Å². The summed E-state index contributed by atoms with van der Waals surface area (Å²) in [4.78, 5) is 14.0. The van der Waals surface area contributed by atoms with Gasteiger partial charge < -0.3 is 5.73 Å². The number of nitrogen functional groups attached to an aromatic ring is 1. The molecule has 0 saturated heterocycles. The molecule has 5 nitrogen and oxygen atoms in total. The molecule has 1 aromatic heterocycles. The van der Waals surface area contributed by atoms with Crippen molar-refractivity contribution < 1.29 is 4.92 Å². The van der Waals surface area contributed by atoms with Gasteiger partial charge in [0.25, 0.3) is 5.69 Å². The van der Waals surface area contributed by atoms with Crippen molar-refractivity contribution in [2.75, 3.05) is 5.73 Å². The fourth-order valence-electron chi connectivity index (χ4n) is 1.32. The lowest BCUT2D eigenvalue weighted by Crippen LogP contribution is -1.91. The number of hydrogen-bond acceptors (Lipinski definition) is 4. The smallest absolute Gasteiger partial charge is 0.295 e. The van der Waals surface area contributed by atoms with Crippen LogP contribution in [0, 0.1) is 10.1 Å². The van der Waals surface area contributed by atoms with E-state index in [-0.39, 0.29) is 5.69 Å². The van der Waals surface area contributed by atoms with Gasteiger partial charge >= 0.3 is 0 Å². The third kappa shape index (κ3) is 1.24. The minimum Gasteiger partial charge on any atom is -0.399 e. The Kier molecular flexibility index (Phi) is 1.78. The second kappa shape index (κ2) is 2.95. The molecule has 1 heterocycles. The van der Waals surface area contributed by atoms with Gasteiger partial charge in [-0.1, -0.05) is 0 Å². The molecule has 0 spiro atoms. The predicted octanol–water partition coefficient (Wildman–Crippen LogP) is 1.73. The van der Waals surface area contributed by atoms with Gasteiger partial charge in [-0.05, 0) is 18.2 Å². The van der Waals surface area contributed by atoms with Crippen molar-refractivity contribution in [1.29, 1.82) is 0 Å². The number of rotatable bonds is 1. The first-order chi connectivity index (χ1) is 6.68. The van der Waals surface area contributed by atoms with Crippen LogP contribution in [-0.2, 0) is 0 Å².